The van der Waals surface area contributed by atoms with Gasteiger partial charge in [-0.1, -0.05) is 0 Å². The molecule has 20 heavy (non-hydrogen) atoms. The third-order valence-corrected chi connectivity index (χ3v) is 3.31. The van der Waals surface area contributed by atoms with Crippen LogP contribution < -0.4 is 15.5 Å². The Hall–Kier alpha value is -2.11. The summed E-state index contributed by atoms with van der Waals surface area (Å²) in [6.45, 7) is 0.686. The van der Waals surface area contributed by atoms with E-state index in [0.29, 0.717) is 24.3 Å². The number of carbonyl (C=O) groups excluding carboxylic acids is 2. The number of nitrogens with zero attached hydrogens (tertiary/aromatic N) is 2. The Morgan fingerprint density at radius 2 is 2.25 bits per heavy atom. The van der Waals surface area contributed by atoms with Crippen LogP contribution >= 0.6 is 0 Å². The first-order valence-electron chi connectivity index (χ1n) is 6.80. The summed E-state index contributed by atoms with van der Waals surface area (Å²) in [5.41, 5.74) is 0.515. The number of aromatic nitrogens is 1. The summed E-state index contributed by atoms with van der Waals surface area (Å²) in [5.74, 6) is 0.373. The third-order valence-electron chi connectivity index (χ3n) is 3.31. The smallest absolute Gasteiger partial charge is 0.252 e. The zero-order valence-corrected chi connectivity index (χ0v) is 11.8. The van der Waals surface area contributed by atoms with Crippen molar-refractivity contribution < 1.29 is 9.59 Å². The topological polar surface area (TPSA) is 74.3 Å². The molecule has 0 saturated carbocycles. The van der Waals surface area contributed by atoms with E-state index < -0.39 is 6.04 Å². The highest BCUT2D eigenvalue weighted by Gasteiger charge is 2.23. The van der Waals surface area contributed by atoms with Gasteiger partial charge in [0.2, 0.25) is 5.91 Å². The molecule has 0 spiro atoms. The molecular formula is C14H20N4O2. The molecule has 1 aliphatic heterocycles. The van der Waals surface area contributed by atoms with Gasteiger partial charge in [0.1, 0.15) is 11.9 Å². The Morgan fingerprint density at radius 1 is 1.45 bits per heavy atom. The van der Waals surface area contributed by atoms with Crippen LogP contribution in [0, 0.1) is 0 Å². The molecule has 2 N–H and O–H groups in total. The quantitative estimate of drug-likeness (QED) is 0.845. The lowest BCUT2D eigenvalue weighted by molar-refractivity contribution is -0.122. The number of rotatable bonds is 3. The summed E-state index contributed by atoms with van der Waals surface area (Å²) >= 11 is 0. The van der Waals surface area contributed by atoms with Gasteiger partial charge in [-0.15, -0.1) is 0 Å². The number of anilines is 1. The number of amides is 2. The van der Waals surface area contributed by atoms with Crippen molar-refractivity contribution in [2.24, 2.45) is 0 Å². The van der Waals surface area contributed by atoms with Crippen LogP contribution in [0.2, 0.25) is 0 Å². The lowest BCUT2D eigenvalue weighted by Gasteiger charge is -2.16. The Labute approximate surface area is 118 Å². The summed E-state index contributed by atoms with van der Waals surface area (Å²) in [6.07, 6.45) is 4.17. The maximum absolute atomic E-state index is 12.2. The number of hydrogen-bond acceptors (Lipinski definition) is 4. The van der Waals surface area contributed by atoms with Gasteiger partial charge in [-0.2, -0.15) is 0 Å². The SMILES string of the molecule is CN(C)c1cc(C(=O)N[C@H]2CCCCNC2=O)ccn1. The second-order valence-corrected chi connectivity index (χ2v) is 5.11. The lowest BCUT2D eigenvalue weighted by atomic mass is 10.1. The molecule has 6 nitrogen and oxygen atoms in total. The molecule has 108 valence electrons. The van der Waals surface area contributed by atoms with Gasteiger partial charge in [-0.25, -0.2) is 4.98 Å². The van der Waals surface area contributed by atoms with Gasteiger partial charge in [-0.3, -0.25) is 9.59 Å². The predicted octanol–water partition coefficient (Wildman–Crippen LogP) is 0.546. The fourth-order valence-corrected chi connectivity index (χ4v) is 2.12. The average molecular weight is 276 g/mol. The molecule has 1 fully saturated rings. The molecule has 0 aliphatic carbocycles. The van der Waals surface area contributed by atoms with Crippen molar-refractivity contribution >= 4 is 17.6 Å². The van der Waals surface area contributed by atoms with E-state index in [1.165, 1.54) is 0 Å². The molecule has 6 heteroatoms. The normalized spacial score (nSPS) is 18.9. The van der Waals surface area contributed by atoms with Crippen molar-refractivity contribution in [3.05, 3.63) is 23.9 Å². The zero-order valence-electron chi connectivity index (χ0n) is 11.8. The number of pyridine rings is 1. The van der Waals surface area contributed by atoms with Gasteiger partial charge in [0.05, 0.1) is 0 Å². The number of carbonyl (C=O) groups is 2. The van der Waals surface area contributed by atoms with E-state index in [-0.39, 0.29) is 11.8 Å². The molecule has 0 aromatic carbocycles. The standard InChI is InChI=1S/C14H20N4O2/c1-18(2)12-9-10(6-8-15-12)13(19)17-11-5-3-4-7-16-14(11)20/h6,8-9,11H,3-5,7H2,1-2H3,(H,16,20)(H,17,19)/t11-/m0/s1. The molecule has 2 amide bonds. The number of nitrogens with one attached hydrogen (secondary N) is 2. The van der Waals surface area contributed by atoms with E-state index in [9.17, 15) is 9.59 Å². The molecule has 1 saturated heterocycles. The maximum Gasteiger partial charge on any atom is 0.252 e. The zero-order chi connectivity index (χ0) is 14.5. The second-order valence-electron chi connectivity index (χ2n) is 5.11. The highest BCUT2D eigenvalue weighted by molar-refractivity contribution is 5.98. The molecule has 1 aliphatic rings. The Morgan fingerprint density at radius 3 is 3.00 bits per heavy atom. The minimum Gasteiger partial charge on any atom is -0.363 e. The van der Waals surface area contributed by atoms with Crippen LogP contribution in [0.15, 0.2) is 18.3 Å². The van der Waals surface area contributed by atoms with Crippen molar-refractivity contribution in [1.29, 1.82) is 0 Å². The van der Waals surface area contributed by atoms with Crippen LogP contribution in [0.5, 0.6) is 0 Å². The van der Waals surface area contributed by atoms with E-state index in [0.717, 1.165) is 12.8 Å². The van der Waals surface area contributed by atoms with Gasteiger partial charge in [-0.05, 0) is 31.4 Å². The van der Waals surface area contributed by atoms with Crippen molar-refractivity contribution in [2.75, 3.05) is 25.5 Å². The minimum atomic E-state index is -0.444. The van der Waals surface area contributed by atoms with Gasteiger partial charge < -0.3 is 15.5 Å². The van der Waals surface area contributed by atoms with Crippen molar-refractivity contribution in [1.82, 2.24) is 15.6 Å². The van der Waals surface area contributed by atoms with Crippen LogP contribution in [-0.4, -0.2) is 43.5 Å². The van der Waals surface area contributed by atoms with Crippen LogP contribution in [0.25, 0.3) is 0 Å². The van der Waals surface area contributed by atoms with E-state index in [1.807, 2.05) is 19.0 Å². The molecule has 2 rings (SSSR count). The van der Waals surface area contributed by atoms with Crippen molar-refractivity contribution in [2.45, 2.75) is 25.3 Å². The van der Waals surface area contributed by atoms with Crippen LogP contribution in [0.3, 0.4) is 0 Å². The molecule has 0 bridgehead atoms. The van der Waals surface area contributed by atoms with Crippen molar-refractivity contribution in [3.63, 3.8) is 0 Å². The molecule has 2 heterocycles. The highest BCUT2D eigenvalue weighted by atomic mass is 16.2. The summed E-state index contributed by atoms with van der Waals surface area (Å²) in [5, 5.41) is 5.60. The first kappa shape index (κ1) is 14.3. The minimum absolute atomic E-state index is 0.0993. The van der Waals surface area contributed by atoms with E-state index >= 15 is 0 Å². The van der Waals surface area contributed by atoms with Crippen LogP contribution in [0.4, 0.5) is 5.82 Å². The summed E-state index contributed by atoms with van der Waals surface area (Å²) in [7, 11) is 3.73. The Balaban J connectivity index is 2.07. The predicted molar refractivity (Wildman–Crippen MR) is 76.7 cm³/mol. The second kappa shape index (κ2) is 6.36. The largest absolute Gasteiger partial charge is 0.363 e. The van der Waals surface area contributed by atoms with Crippen LogP contribution in [0.1, 0.15) is 29.6 Å². The summed E-state index contributed by atoms with van der Waals surface area (Å²) in [4.78, 5) is 30.0. The van der Waals surface area contributed by atoms with E-state index in [1.54, 1.807) is 18.3 Å². The molecule has 0 unspecified atom stereocenters. The lowest BCUT2D eigenvalue weighted by Crippen LogP contribution is -2.45. The van der Waals surface area contributed by atoms with Gasteiger partial charge in [0.15, 0.2) is 0 Å². The fraction of sp³-hybridized carbons (Fsp3) is 0.500. The van der Waals surface area contributed by atoms with E-state index in [4.69, 9.17) is 0 Å². The molecular weight excluding hydrogens is 256 g/mol. The molecule has 0 radical (unpaired) electrons. The van der Waals surface area contributed by atoms with Crippen LogP contribution in [-0.2, 0) is 4.79 Å². The Bertz CT molecular complexity index is 502. The van der Waals surface area contributed by atoms with Gasteiger partial charge in [0.25, 0.3) is 5.91 Å². The third kappa shape index (κ3) is 3.46. The Kier molecular flexibility index (Phi) is 4.55. The fourth-order valence-electron chi connectivity index (χ4n) is 2.12. The number of hydrogen-bond donors (Lipinski definition) is 2. The van der Waals surface area contributed by atoms with Gasteiger partial charge in [0, 0.05) is 32.4 Å². The monoisotopic (exact) mass is 276 g/mol. The highest BCUT2D eigenvalue weighted by Crippen LogP contribution is 2.11. The van der Waals surface area contributed by atoms with Gasteiger partial charge >= 0.3 is 0 Å². The average Bonchev–Trinajstić information content (AvgIpc) is 2.64. The maximum atomic E-state index is 12.2. The summed E-state index contributed by atoms with van der Waals surface area (Å²) in [6, 6.07) is 2.92. The van der Waals surface area contributed by atoms with Crippen molar-refractivity contribution in [3.8, 4) is 0 Å². The first-order valence-corrected chi connectivity index (χ1v) is 6.80. The molecule has 1 aromatic heterocycles. The molecule has 1 atom stereocenters. The first-order chi connectivity index (χ1) is 9.58. The van der Waals surface area contributed by atoms with E-state index in [2.05, 4.69) is 15.6 Å². The molecule has 1 aromatic rings. The summed E-state index contributed by atoms with van der Waals surface area (Å²) < 4.78 is 0.